The van der Waals surface area contributed by atoms with Crippen LogP contribution in [0, 0.1) is 20.8 Å². The number of pyridine rings is 1. The van der Waals surface area contributed by atoms with Crippen LogP contribution in [-0.4, -0.2) is 10.8 Å². The lowest BCUT2D eigenvalue weighted by molar-refractivity contribution is 0.0992. The smallest absolute Gasteiger partial charge is 0.168 e. The number of Topliss-reactive ketones (excluding diaryl/α,β-unsaturated/α-hetero) is 1. The Bertz CT molecular complexity index is 570. The molecule has 2 heteroatoms. The van der Waals surface area contributed by atoms with Gasteiger partial charge >= 0.3 is 0 Å². The Hall–Kier alpha value is -1.96. The van der Waals surface area contributed by atoms with Crippen LogP contribution >= 0.6 is 0 Å². The molecule has 2 aromatic rings. The molecule has 1 heterocycles. The second kappa shape index (κ2) is 5.13. The van der Waals surface area contributed by atoms with Crippen LogP contribution in [0.15, 0.2) is 36.5 Å². The van der Waals surface area contributed by atoms with Crippen molar-refractivity contribution in [3.8, 4) is 0 Å². The van der Waals surface area contributed by atoms with Crippen molar-refractivity contribution in [2.45, 2.75) is 27.2 Å². The van der Waals surface area contributed by atoms with E-state index in [4.69, 9.17) is 0 Å². The molecule has 0 unspecified atom stereocenters. The maximum atomic E-state index is 12.1. The Morgan fingerprint density at radius 2 is 1.83 bits per heavy atom. The van der Waals surface area contributed by atoms with Gasteiger partial charge in [0.05, 0.1) is 0 Å². The van der Waals surface area contributed by atoms with Gasteiger partial charge in [-0.15, -0.1) is 0 Å². The lowest BCUT2D eigenvalue weighted by atomic mass is 10.0. The van der Waals surface area contributed by atoms with Crippen molar-refractivity contribution in [1.29, 1.82) is 0 Å². The van der Waals surface area contributed by atoms with Crippen LogP contribution in [0.25, 0.3) is 0 Å². The third-order valence-electron chi connectivity index (χ3n) is 3.17. The Labute approximate surface area is 108 Å². The average Bonchev–Trinajstić information content (AvgIpc) is 2.34. The number of aromatic nitrogens is 1. The molecule has 0 saturated carbocycles. The van der Waals surface area contributed by atoms with Gasteiger partial charge in [0.15, 0.2) is 5.78 Å². The molecule has 1 aromatic carbocycles. The van der Waals surface area contributed by atoms with Gasteiger partial charge in [-0.3, -0.25) is 9.78 Å². The number of nitrogens with zero attached hydrogens (tertiary/aromatic N) is 1. The van der Waals surface area contributed by atoms with Gasteiger partial charge in [-0.2, -0.15) is 0 Å². The van der Waals surface area contributed by atoms with Crippen molar-refractivity contribution in [3.05, 3.63) is 64.5 Å². The number of hydrogen-bond donors (Lipinski definition) is 0. The van der Waals surface area contributed by atoms with Crippen molar-refractivity contribution in [3.63, 3.8) is 0 Å². The minimum atomic E-state index is 0.116. The molecule has 0 atom stereocenters. The van der Waals surface area contributed by atoms with Crippen LogP contribution in [0.1, 0.15) is 32.7 Å². The predicted molar refractivity (Wildman–Crippen MR) is 72.9 cm³/mol. The zero-order valence-corrected chi connectivity index (χ0v) is 11.0. The first-order valence-corrected chi connectivity index (χ1v) is 6.08. The highest BCUT2D eigenvalue weighted by molar-refractivity contribution is 5.97. The third kappa shape index (κ3) is 2.83. The zero-order chi connectivity index (χ0) is 13.1. The maximum absolute atomic E-state index is 12.1. The SMILES string of the molecule is Cc1ccc(C(=O)Cc2ccc(C)c(C)c2)cn1. The maximum Gasteiger partial charge on any atom is 0.168 e. The number of benzene rings is 1. The van der Waals surface area contributed by atoms with E-state index in [1.54, 1.807) is 6.20 Å². The lowest BCUT2D eigenvalue weighted by Crippen LogP contribution is -2.04. The molecule has 18 heavy (non-hydrogen) atoms. The summed E-state index contributed by atoms with van der Waals surface area (Å²) >= 11 is 0. The van der Waals surface area contributed by atoms with E-state index in [2.05, 4.69) is 31.0 Å². The first-order chi connectivity index (χ1) is 8.56. The third-order valence-corrected chi connectivity index (χ3v) is 3.17. The molecular weight excluding hydrogens is 222 g/mol. The molecule has 0 N–H and O–H groups in total. The Balaban J connectivity index is 2.16. The molecule has 2 nitrogen and oxygen atoms in total. The highest BCUT2D eigenvalue weighted by atomic mass is 16.1. The largest absolute Gasteiger partial charge is 0.294 e. The summed E-state index contributed by atoms with van der Waals surface area (Å²) in [6.07, 6.45) is 2.09. The Kier molecular flexibility index (Phi) is 3.56. The van der Waals surface area contributed by atoms with Gasteiger partial charge in [-0.1, -0.05) is 18.2 Å². The lowest BCUT2D eigenvalue weighted by Gasteiger charge is -2.05. The van der Waals surface area contributed by atoms with Crippen LogP contribution in [0.4, 0.5) is 0 Å². The van der Waals surface area contributed by atoms with Gasteiger partial charge in [-0.25, -0.2) is 0 Å². The second-order valence-electron chi connectivity index (χ2n) is 4.71. The molecule has 0 aliphatic heterocycles. The fourth-order valence-electron chi connectivity index (χ4n) is 1.83. The second-order valence-corrected chi connectivity index (χ2v) is 4.71. The number of ketones is 1. The molecule has 0 bridgehead atoms. The Morgan fingerprint density at radius 1 is 1.06 bits per heavy atom. The van der Waals surface area contributed by atoms with E-state index in [1.807, 2.05) is 25.1 Å². The number of carbonyl (C=O) groups excluding carboxylic acids is 1. The van der Waals surface area contributed by atoms with E-state index >= 15 is 0 Å². The summed E-state index contributed by atoms with van der Waals surface area (Å²) in [6.45, 7) is 6.05. The van der Waals surface area contributed by atoms with Crippen molar-refractivity contribution < 1.29 is 4.79 Å². The quantitative estimate of drug-likeness (QED) is 0.768. The molecule has 0 aliphatic carbocycles. The summed E-state index contributed by atoms with van der Waals surface area (Å²) in [4.78, 5) is 16.2. The number of rotatable bonds is 3. The highest BCUT2D eigenvalue weighted by Crippen LogP contribution is 2.12. The number of aryl methyl sites for hydroxylation is 3. The molecule has 0 saturated heterocycles. The van der Waals surface area contributed by atoms with E-state index in [9.17, 15) is 4.79 Å². The monoisotopic (exact) mass is 239 g/mol. The molecule has 0 radical (unpaired) electrons. The molecular formula is C16H17NO. The minimum absolute atomic E-state index is 0.116. The van der Waals surface area contributed by atoms with Crippen molar-refractivity contribution >= 4 is 5.78 Å². The standard InChI is InChI=1S/C16H17NO/c1-11-4-6-14(8-12(11)2)9-16(18)15-7-5-13(3)17-10-15/h4-8,10H,9H2,1-3H3. The fraction of sp³-hybridized carbons (Fsp3) is 0.250. The van der Waals surface area contributed by atoms with E-state index in [0.717, 1.165) is 11.3 Å². The first kappa shape index (κ1) is 12.5. The van der Waals surface area contributed by atoms with Crippen molar-refractivity contribution in [1.82, 2.24) is 4.98 Å². The summed E-state index contributed by atoms with van der Waals surface area (Å²) in [5, 5.41) is 0. The van der Waals surface area contributed by atoms with Gasteiger partial charge < -0.3 is 0 Å². The molecule has 1 aromatic heterocycles. The predicted octanol–water partition coefficient (Wildman–Crippen LogP) is 3.43. The van der Waals surface area contributed by atoms with Gasteiger partial charge in [0.2, 0.25) is 0 Å². The molecule has 0 fully saturated rings. The number of hydrogen-bond acceptors (Lipinski definition) is 2. The summed E-state index contributed by atoms with van der Waals surface area (Å²) in [5.74, 6) is 0.116. The molecule has 2 rings (SSSR count). The Morgan fingerprint density at radius 3 is 2.44 bits per heavy atom. The highest BCUT2D eigenvalue weighted by Gasteiger charge is 2.07. The summed E-state index contributed by atoms with van der Waals surface area (Å²) in [6, 6.07) is 9.86. The fourth-order valence-corrected chi connectivity index (χ4v) is 1.83. The van der Waals surface area contributed by atoms with Crippen molar-refractivity contribution in [2.75, 3.05) is 0 Å². The number of carbonyl (C=O) groups is 1. The van der Waals surface area contributed by atoms with Crippen LogP contribution < -0.4 is 0 Å². The summed E-state index contributed by atoms with van der Waals surface area (Å²) < 4.78 is 0. The van der Waals surface area contributed by atoms with Gasteiger partial charge in [0.1, 0.15) is 0 Å². The minimum Gasteiger partial charge on any atom is -0.294 e. The van der Waals surface area contributed by atoms with E-state index in [0.29, 0.717) is 12.0 Å². The van der Waals surface area contributed by atoms with Gasteiger partial charge in [-0.05, 0) is 49.6 Å². The van der Waals surface area contributed by atoms with Gasteiger partial charge in [0, 0.05) is 23.9 Å². The van der Waals surface area contributed by atoms with Crippen LogP contribution in [0.5, 0.6) is 0 Å². The average molecular weight is 239 g/mol. The summed E-state index contributed by atoms with van der Waals surface area (Å²) in [5.41, 5.74) is 5.14. The first-order valence-electron chi connectivity index (χ1n) is 6.08. The van der Waals surface area contributed by atoms with E-state index < -0.39 is 0 Å². The molecule has 0 aliphatic rings. The van der Waals surface area contributed by atoms with Crippen LogP contribution in [0.3, 0.4) is 0 Å². The summed E-state index contributed by atoms with van der Waals surface area (Å²) in [7, 11) is 0. The van der Waals surface area contributed by atoms with Gasteiger partial charge in [0.25, 0.3) is 0 Å². The zero-order valence-electron chi connectivity index (χ0n) is 11.0. The molecule has 92 valence electrons. The van der Waals surface area contributed by atoms with Crippen LogP contribution in [-0.2, 0) is 6.42 Å². The topological polar surface area (TPSA) is 30.0 Å². The van der Waals surface area contributed by atoms with E-state index in [1.165, 1.54) is 11.1 Å². The van der Waals surface area contributed by atoms with Crippen molar-refractivity contribution in [2.24, 2.45) is 0 Å². The molecule has 0 amide bonds. The van der Waals surface area contributed by atoms with Crippen LogP contribution in [0.2, 0.25) is 0 Å². The normalized spacial score (nSPS) is 10.4. The van der Waals surface area contributed by atoms with E-state index in [-0.39, 0.29) is 5.78 Å². The molecule has 0 spiro atoms.